The second-order valence-electron chi connectivity index (χ2n) is 5.06. The number of aromatic nitrogens is 1. The van der Waals surface area contributed by atoms with E-state index in [1.807, 2.05) is 0 Å². The number of carboxylic acids is 1. The first-order chi connectivity index (χ1) is 6.98. The minimum atomic E-state index is -0.778. The van der Waals surface area contributed by atoms with Crippen LogP contribution in [0.3, 0.4) is 0 Å². The predicted molar refractivity (Wildman–Crippen MR) is 53.6 cm³/mol. The molecule has 0 spiro atoms. The quantitative estimate of drug-likeness (QED) is 0.811. The van der Waals surface area contributed by atoms with Gasteiger partial charge in [0.15, 0.2) is 0 Å². The van der Waals surface area contributed by atoms with E-state index in [0.29, 0.717) is 0 Å². The minimum absolute atomic E-state index is 0.0243. The molecule has 1 heterocycles. The van der Waals surface area contributed by atoms with E-state index in [0.717, 1.165) is 24.2 Å². The lowest BCUT2D eigenvalue weighted by molar-refractivity contribution is -0.137. The molecular weight excluding hydrogens is 194 g/mol. The van der Waals surface area contributed by atoms with Gasteiger partial charge < -0.3 is 9.63 Å². The zero-order valence-corrected chi connectivity index (χ0v) is 8.99. The van der Waals surface area contributed by atoms with Gasteiger partial charge in [0, 0.05) is 11.5 Å². The average Bonchev–Trinajstić information content (AvgIpc) is 2.48. The Labute approximate surface area is 88.3 Å². The summed E-state index contributed by atoms with van der Waals surface area (Å²) in [7, 11) is 0. The third-order valence-electron chi connectivity index (χ3n) is 2.94. The van der Waals surface area contributed by atoms with Crippen molar-refractivity contribution in [2.75, 3.05) is 0 Å². The smallest absolute Gasteiger partial charge is 0.304 e. The molecule has 1 aliphatic carbocycles. The zero-order chi connectivity index (χ0) is 11.1. The molecule has 1 aromatic rings. The maximum atomic E-state index is 10.7. The summed E-state index contributed by atoms with van der Waals surface area (Å²) < 4.78 is 5.15. The standard InChI is InChI=1S/C11H15NO3/c1-11(2)4-7(3-9(13)14)10-8(5-11)6-12-15-10/h6-7H,3-5H2,1-2H3,(H,13,14). The van der Waals surface area contributed by atoms with Crippen LogP contribution in [-0.4, -0.2) is 16.2 Å². The number of rotatable bonds is 2. The van der Waals surface area contributed by atoms with Crippen molar-refractivity contribution in [2.45, 2.75) is 39.0 Å². The first-order valence-electron chi connectivity index (χ1n) is 5.13. The van der Waals surface area contributed by atoms with Crippen molar-refractivity contribution in [3.8, 4) is 0 Å². The summed E-state index contributed by atoms with van der Waals surface area (Å²) in [4.78, 5) is 10.7. The van der Waals surface area contributed by atoms with E-state index in [-0.39, 0.29) is 17.8 Å². The Morgan fingerprint density at radius 2 is 2.47 bits per heavy atom. The summed E-state index contributed by atoms with van der Waals surface area (Å²) >= 11 is 0. The second-order valence-corrected chi connectivity index (χ2v) is 5.06. The molecule has 1 N–H and O–H groups in total. The first kappa shape index (κ1) is 10.2. The molecule has 1 aromatic heterocycles. The van der Waals surface area contributed by atoms with Gasteiger partial charge in [-0.15, -0.1) is 0 Å². The number of hydrogen-bond donors (Lipinski definition) is 1. The molecule has 1 atom stereocenters. The third kappa shape index (κ3) is 2.03. The van der Waals surface area contributed by atoms with Crippen LogP contribution in [0.1, 0.15) is 43.9 Å². The third-order valence-corrected chi connectivity index (χ3v) is 2.94. The van der Waals surface area contributed by atoms with E-state index < -0.39 is 5.97 Å². The molecule has 4 nitrogen and oxygen atoms in total. The second kappa shape index (κ2) is 3.36. The van der Waals surface area contributed by atoms with Gasteiger partial charge in [-0.05, 0) is 18.3 Å². The molecule has 15 heavy (non-hydrogen) atoms. The topological polar surface area (TPSA) is 63.3 Å². The average molecular weight is 209 g/mol. The van der Waals surface area contributed by atoms with Crippen LogP contribution < -0.4 is 0 Å². The fourth-order valence-corrected chi connectivity index (χ4v) is 2.46. The van der Waals surface area contributed by atoms with Gasteiger partial charge >= 0.3 is 5.97 Å². The van der Waals surface area contributed by atoms with Crippen LogP contribution in [0.4, 0.5) is 0 Å². The Morgan fingerprint density at radius 3 is 3.13 bits per heavy atom. The van der Waals surface area contributed by atoms with E-state index in [1.165, 1.54) is 0 Å². The number of fused-ring (bicyclic) bond motifs is 1. The predicted octanol–water partition coefficient (Wildman–Crippen LogP) is 2.21. The van der Waals surface area contributed by atoms with Crippen molar-refractivity contribution in [3.63, 3.8) is 0 Å². The summed E-state index contributed by atoms with van der Waals surface area (Å²) in [5.74, 6) is -0.0273. The summed E-state index contributed by atoms with van der Waals surface area (Å²) in [6.45, 7) is 4.30. The Bertz CT molecular complexity index is 381. The van der Waals surface area contributed by atoms with Crippen molar-refractivity contribution >= 4 is 5.97 Å². The molecule has 0 radical (unpaired) electrons. The Hall–Kier alpha value is -1.32. The SMILES string of the molecule is CC1(C)Cc2cnoc2C(CC(=O)O)C1. The highest BCUT2D eigenvalue weighted by molar-refractivity contribution is 5.68. The van der Waals surface area contributed by atoms with Crippen molar-refractivity contribution in [2.24, 2.45) is 5.41 Å². The number of aliphatic carboxylic acids is 1. The van der Waals surface area contributed by atoms with Crippen LogP contribution in [-0.2, 0) is 11.2 Å². The fourth-order valence-electron chi connectivity index (χ4n) is 2.46. The number of nitrogens with zero attached hydrogens (tertiary/aromatic N) is 1. The molecular formula is C11H15NO3. The van der Waals surface area contributed by atoms with E-state index in [2.05, 4.69) is 19.0 Å². The fraction of sp³-hybridized carbons (Fsp3) is 0.636. The molecule has 0 saturated heterocycles. The van der Waals surface area contributed by atoms with Gasteiger partial charge in [-0.1, -0.05) is 19.0 Å². The van der Waals surface area contributed by atoms with Crippen molar-refractivity contribution in [1.29, 1.82) is 0 Å². The molecule has 1 aliphatic rings. The van der Waals surface area contributed by atoms with Crippen LogP contribution in [0, 0.1) is 5.41 Å². The molecule has 0 aromatic carbocycles. The number of carboxylic acid groups (broad SMARTS) is 1. The van der Waals surface area contributed by atoms with E-state index in [1.54, 1.807) is 6.20 Å². The largest absolute Gasteiger partial charge is 0.481 e. The maximum Gasteiger partial charge on any atom is 0.304 e. The van der Waals surface area contributed by atoms with Gasteiger partial charge in [0.1, 0.15) is 5.76 Å². The molecule has 0 aliphatic heterocycles. The van der Waals surface area contributed by atoms with Crippen molar-refractivity contribution in [1.82, 2.24) is 5.16 Å². The van der Waals surface area contributed by atoms with Gasteiger partial charge in [0.05, 0.1) is 12.6 Å². The lowest BCUT2D eigenvalue weighted by Gasteiger charge is -2.32. The monoisotopic (exact) mass is 209 g/mol. The minimum Gasteiger partial charge on any atom is -0.481 e. The molecule has 0 amide bonds. The Kier molecular flexibility index (Phi) is 2.29. The molecule has 4 heteroatoms. The van der Waals surface area contributed by atoms with Gasteiger partial charge in [-0.25, -0.2) is 0 Å². The van der Waals surface area contributed by atoms with E-state index in [4.69, 9.17) is 9.63 Å². The summed E-state index contributed by atoms with van der Waals surface area (Å²) in [5, 5.41) is 12.6. The maximum absolute atomic E-state index is 10.7. The Balaban J connectivity index is 2.29. The van der Waals surface area contributed by atoms with Gasteiger partial charge in [0.25, 0.3) is 0 Å². The zero-order valence-electron chi connectivity index (χ0n) is 8.99. The normalized spacial score (nSPS) is 23.5. The number of hydrogen-bond acceptors (Lipinski definition) is 3. The molecule has 0 fully saturated rings. The van der Waals surface area contributed by atoms with E-state index >= 15 is 0 Å². The highest BCUT2D eigenvalue weighted by atomic mass is 16.5. The first-order valence-corrected chi connectivity index (χ1v) is 5.13. The highest BCUT2D eigenvalue weighted by Gasteiger charge is 2.36. The summed E-state index contributed by atoms with van der Waals surface area (Å²) in [6, 6.07) is 0. The molecule has 0 saturated carbocycles. The number of carbonyl (C=O) groups is 1. The summed E-state index contributed by atoms with van der Waals surface area (Å²) in [6.07, 6.45) is 3.61. The van der Waals surface area contributed by atoms with Crippen LogP contribution in [0.5, 0.6) is 0 Å². The van der Waals surface area contributed by atoms with E-state index in [9.17, 15) is 4.79 Å². The van der Waals surface area contributed by atoms with Crippen molar-refractivity contribution in [3.05, 3.63) is 17.5 Å². The molecule has 82 valence electrons. The van der Waals surface area contributed by atoms with Crippen LogP contribution in [0.25, 0.3) is 0 Å². The van der Waals surface area contributed by atoms with Crippen LogP contribution in [0.15, 0.2) is 10.7 Å². The Morgan fingerprint density at radius 1 is 1.73 bits per heavy atom. The molecule has 2 rings (SSSR count). The van der Waals surface area contributed by atoms with Gasteiger partial charge in [0.2, 0.25) is 0 Å². The summed E-state index contributed by atoms with van der Waals surface area (Å²) in [5.41, 5.74) is 1.20. The van der Waals surface area contributed by atoms with Gasteiger partial charge in [-0.2, -0.15) is 0 Å². The van der Waals surface area contributed by atoms with Crippen LogP contribution in [0.2, 0.25) is 0 Å². The lowest BCUT2D eigenvalue weighted by atomic mass is 9.71. The van der Waals surface area contributed by atoms with Crippen molar-refractivity contribution < 1.29 is 14.4 Å². The van der Waals surface area contributed by atoms with Crippen LogP contribution >= 0.6 is 0 Å². The van der Waals surface area contributed by atoms with Gasteiger partial charge in [-0.3, -0.25) is 4.79 Å². The lowest BCUT2D eigenvalue weighted by Crippen LogP contribution is -2.25. The molecule has 0 bridgehead atoms. The highest BCUT2D eigenvalue weighted by Crippen LogP contribution is 2.43. The molecule has 1 unspecified atom stereocenters.